The maximum atomic E-state index is 6.03. The highest BCUT2D eigenvalue weighted by atomic mass is 32.2. The molecule has 1 aromatic rings. The number of nitrogens with two attached hydrogens (primary N) is 1. The van der Waals surface area contributed by atoms with Crippen molar-refractivity contribution in [2.45, 2.75) is 29.7 Å². The van der Waals surface area contributed by atoms with Crippen molar-refractivity contribution in [1.82, 2.24) is 0 Å². The van der Waals surface area contributed by atoms with E-state index in [4.69, 9.17) is 10.5 Å². The number of ether oxygens (including phenoxy) is 1. The Morgan fingerprint density at radius 2 is 2.27 bits per heavy atom. The fraction of sp³-hybridized carbons (Fsp3) is 0.500. The highest BCUT2D eigenvalue weighted by Crippen LogP contribution is 2.37. The monoisotopic (exact) mass is 223 g/mol. The number of rotatable bonds is 5. The van der Waals surface area contributed by atoms with Gasteiger partial charge in [-0.2, -0.15) is 0 Å². The molecule has 3 heteroatoms. The van der Waals surface area contributed by atoms with Crippen LogP contribution in [0.2, 0.25) is 0 Å². The van der Waals surface area contributed by atoms with Gasteiger partial charge in [0.25, 0.3) is 0 Å². The average Bonchev–Trinajstić information content (AvgIpc) is 2.97. The molecule has 0 bridgehead atoms. The third-order valence-corrected chi connectivity index (χ3v) is 3.80. The van der Waals surface area contributed by atoms with Gasteiger partial charge in [-0.15, -0.1) is 11.8 Å². The molecule has 1 aliphatic carbocycles. The van der Waals surface area contributed by atoms with Crippen LogP contribution in [0.15, 0.2) is 29.2 Å². The van der Waals surface area contributed by atoms with Gasteiger partial charge >= 0.3 is 0 Å². The molecule has 1 fully saturated rings. The van der Waals surface area contributed by atoms with E-state index >= 15 is 0 Å². The highest BCUT2D eigenvalue weighted by Gasteiger charge is 2.37. The van der Waals surface area contributed by atoms with Gasteiger partial charge in [-0.25, -0.2) is 0 Å². The van der Waals surface area contributed by atoms with Crippen LogP contribution in [0.1, 0.15) is 19.3 Å². The Kier molecular flexibility index (Phi) is 3.22. The fourth-order valence-electron chi connectivity index (χ4n) is 1.47. The lowest BCUT2D eigenvalue weighted by Gasteiger charge is -2.08. The van der Waals surface area contributed by atoms with Crippen molar-refractivity contribution in [1.29, 1.82) is 0 Å². The summed E-state index contributed by atoms with van der Waals surface area (Å²) in [7, 11) is 1.70. The molecule has 2 rings (SSSR count). The summed E-state index contributed by atoms with van der Waals surface area (Å²) in [5, 5.41) is 0. The fourth-order valence-corrected chi connectivity index (χ4v) is 2.59. The lowest BCUT2D eigenvalue weighted by molar-refractivity contribution is 0.413. The number of benzene rings is 1. The van der Waals surface area contributed by atoms with E-state index in [0.29, 0.717) is 0 Å². The van der Waals surface area contributed by atoms with E-state index in [1.165, 1.54) is 17.7 Å². The molecule has 1 saturated carbocycles. The van der Waals surface area contributed by atoms with Gasteiger partial charge in [0, 0.05) is 10.4 Å². The van der Waals surface area contributed by atoms with Gasteiger partial charge in [-0.1, -0.05) is 6.07 Å². The van der Waals surface area contributed by atoms with E-state index in [2.05, 4.69) is 12.1 Å². The van der Waals surface area contributed by atoms with Gasteiger partial charge in [-0.05, 0) is 43.2 Å². The molecule has 0 unspecified atom stereocenters. The molecule has 15 heavy (non-hydrogen) atoms. The van der Waals surface area contributed by atoms with Crippen molar-refractivity contribution in [3.05, 3.63) is 24.3 Å². The third kappa shape index (κ3) is 3.14. The second-order valence-electron chi connectivity index (χ2n) is 4.14. The summed E-state index contributed by atoms with van der Waals surface area (Å²) in [5.74, 6) is 2.03. The third-order valence-electron chi connectivity index (χ3n) is 2.80. The van der Waals surface area contributed by atoms with E-state index < -0.39 is 0 Å². The van der Waals surface area contributed by atoms with Crippen molar-refractivity contribution in [2.75, 3.05) is 12.9 Å². The molecule has 0 aromatic heterocycles. The molecule has 82 valence electrons. The van der Waals surface area contributed by atoms with Crippen LogP contribution >= 0.6 is 11.8 Å². The van der Waals surface area contributed by atoms with E-state index in [-0.39, 0.29) is 5.54 Å². The zero-order valence-electron chi connectivity index (χ0n) is 9.03. The predicted octanol–water partition coefficient (Wildman–Crippen LogP) is 2.67. The maximum Gasteiger partial charge on any atom is 0.119 e. The van der Waals surface area contributed by atoms with E-state index in [1.54, 1.807) is 7.11 Å². The maximum absolute atomic E-state index is 6.03. The quantitative estimate of drug-likeness (QED) is 0.779. The predicted molar refractivity (Wildman–Crippen MR) is 64.5 cm³/mol. The zero-order chi connectivity index (χ0) is 10.7. The van der Waals surface area contributed by atoms with Crippen molar-refractivity contribution >= 4 is 11.8 Å². The average molecular weight is 223 g/mol. The topological polar surface area (TPSA) is 35.2 Å². The molecule has 0 radical (unpaired) electrons. The number of thioether (sulfide) groups is 1. The van der Waals surface area contributed by atoms with Crippen LogP contribution < -0.4 is 10.5 Å². The van der Waals surface area contributed by atoms with Crippen LogP contribution in [-0.4, -0.2) is 18.4 Å². The normalized spacial score (nSPS) is 17.5. The second-order valence-corrected chi connectivity index (χ2v) is 5.31. The molecule has 0 heterocycles. The summed E-state index contributed by atoms with van der Waals surface area (Å²) in [5.41, 5.74) is 6.20. The van der Waals surface area contributed by atoms with Crippen molar-refractivity contribution in [3.8, 4) is 5.75 Å². The molecular weight excluding hydrogens is 206 g/mol. The van der Waals surface area contributed by atoms with Gasteiger partial charge in [0.2, 0.25) is 0 Å². The number of methoxy groups -OCH3 is 1. The number of hydrogen-bond acceptors (Lipinski definition) is 3. The first kappa shape index (κ1) is 10.8. The minimum atomic E-state index is 0.172. The smallest absolute Gasteiger partial charge is 0.119 e. The van der Waals surface area contributed by atoms with Crippen LogP contribution in [0.5, 0.6) is 5.75 Å². The second kappa shape index (κ2) is 4.45. The summed E-state index contributed by atoms with van der Waals surface area (Å²) in [6.07, 6.45) is 3.52. The summed E-state index contributed by atoms with van der Waals surface area (Å²) < 4.78 is 5.18. The lowest BCUT2D eigenvalue weighted by Crippen LogP contribution is -2.21. The Hall–Kier alpha value is -0.670. The van der Waals surface area contributed by atoms with Crippen molar-refractivity contribution < 1.29 is 4.74 Å². The van der Waals surface area contributed by atoms with Crippen LogP contribution in [0, 0.1) is 0 Å². The van der Waals surface area contributed by atoms with E-state index in [0.717, 1.165) is 17.9 Å². The first-order valence-corrected chi connectivity index (χ1v) is 6.26. The Morgan fingerprint density at radius 1 is 1.47 bits per heavy atom. The van der Waals surface area contributed by atoms with Gasteiger partial charge in [0.1, 0.15) is 5.75 Å². The SMILES string of the molecule is COc1cccc(SCCC2(N)CC2)c1. The molecule has 0 amide bonds. The first-order chi connectivity index (χ1) is 7.22. The molecule has 0 aliphatic heterocycles. The van der Waals surface area contributed by atoms with E-state index in [1.807, 2.05) is 23.9 Å². The van der Waals surface area contributed by atoms with Crippen molar-refractivity contribution in [3.63, 3.8) is 0 Å². The van der Waals surface area contributed by atoms with Crippen LogP contribution in [0.25, 0.3) is 0 Å². The Balaban J connectivity index is 1.82. The molecule has 0 atom stereocenters. The van der Waals surface area contributed by atoms with Gasteiger partial charge in [0.05, 0.1) is 7.11 Å². The van der Waals surface area contributed by atoms with E-state index in [9.17, 15) is 0 Å². The molecule has 2 nitrogen and oxygen atoms in total. The molecule has 1 aliphatic rings. The number of hydrogen-bond donors (Lipinski definition) is 1. The molecule has 0 spiro atoms. The largest absolute Gasteiger partial charge is 0.497 e. The summed E-state index contributed by atoms with van der Waals surface area (Å²) >= 11 is 1.86. The Bertz CT molecular complexity index is 336. The minimum absolute atomic E-state index is 0.172. The minimum Gasteiger partial charge on any atom is -0.497 e. The van der Waals surface area contributed by atoms with Gasteiger partial charge in [0.15, 0.2) is 0 Å². The molecule has 1 aromatic carbocycles. The summed E-state index contributed by atoms with van der Waals surface area (Å²) in [6, 6.07) is 8.18. The zero-order valence-corrected chi connectivity index (χ0v) is 9.85. The van der Waals surface area contributed by atoms with Crippen LogP contribution in [0.4, 0.5) is 0 Å². The van der Waals surface area contributed by atoms with Crippen LogP contribution in [-0.2, 0) is 0 Å². The lowest BCUT2D eigenvalue weighted by atomic mass is 10.2. The van der Waals surface area contributed by atoms with Crippen molar-refractivity contribution in [2.24, 2.45) is 5.73 Å². The standard InChI is InChI=1S/C12H17NOS/c1-14-10-3-2-4-11(9-10)15-8-7-12(13)5-6-12/h2-4,9H,5-8,13H2,1H3. The summed E-state index contributed by atoms with van der Waals surface area (Å²) in [4.78, 5) is 1.26. The first-order valence-electron chi connectivity index (χ1n) is 5.28. The highest BCUT2D eigenvalue weighted by molar-refractivity contribution is 7.99. The van der Waals surface area contributed by atoms with Gasteiger partial charge in [-0.3, -0.25) is 0 Å². The summed E-state index contributed by atoms with van der Waals surface area (Å²) in [6.45, 7) is 0. The van der Waals surface area contributed by atoms with Crippen LogP contribution in [0.3, 0.4) is 0 Å². The Morgan fingerprint density at radius 3 is 2.93 bits per heavy atom. The molecule has 2 N–H and O–H groups in total. The van der Waals surface area contributed by atoms with Gasteiger partial charge < -0.3 is 10.5 Å². The molecule has 0 saturated heterocycles. The Labute approximate surface area is 95.2 Å². The molecular formula is C12H17NOS.